The molecule has 10 nitrogen and oxygen atoms in total. The van der Waals surface area contributed by atoms with Crippen LogP contribution in [0.3, 0.4) is 0 Å². The monoisotopic (exact) mass is 685 g/mol. The van der Waals surface area contributed by atoms with Crippen molar-refractivity contribution >= 4 is 58.2 Å². The Kier molecular flexibility index (Phi) is 9.06. The summed E-state index contributed by atoms with van der Waals surface area (Å²) in [5.41, 5.74) is 2.99. The van der Waals surface area contributed by atoms with Crippen molar-refractivity contribution < 1.29 is 28.7 Å². The number of hydrogen-bond acceptors (Lipinski definition) is 9. The van der Waals surface area contributed by atoms with Crippen molar-refractivity contribution in [1.29, 1.82) is 0 Å². The highest BCUT2D eigenvalue weighted by Crippen LogP contribution is 2.54. The van der Waals surface area contributed by atoms with Gasteiger partial charge in [-0.2, -0.15) is 0 Å². The Hall–Kier alpha value is -4.68. The lowest BCUT2D eigenvalue weighted by atomic mass is 9.81. The summed E-state index contributed by atoms with van der Waals surface area (Å²) in [5, 5.41) is 2.48. The summed E-state index contributed by atoms with van der Waals surface area (Å²) >= 11 is 2.15. The molecule has 3 unspecified atom stereocenters. The maximum absolute atomic E-state index is 14.3. The normalized spacial score (nSPS) is 18.7. The van der Waals surface area contributed by atoms with Crippen LogP contribution >= 0.6 is 23.1 Å². The molecular weight excluding hydrogens is 651 g/mol. The molecule has 3 aromatic carbocycles. The van der Waals surface area contributed by atoms with E-state index in [1.165, 1.54) is 21.6 Å². The van der Waals surface area contributed by atoms with Crippen LogP contribution in [0.2, 0.25) is 0 Å². The Bertz CT molecular complexity index is 1940. The highest BCUT2D eigenvalue weighted by molar-refractivity contribution is 8.00. The minimum absolute atomic E-state index is 0.105. The van der Waals surface area contributed by atoms with Gasteiger partial charge in [0.1, 0.15) is 17.5 Å². The first-order valence-corrected chi connectivity index (χ1v) is 17.2. The molecular formula is C36H35N3O7S2. The van der Waals surface area contributed by atoms with Crippen molar-refractivity contribution in [1.82, 2.24) is 4.57 Å². The van der Waals surface area contributed by atoms with Gasteiger partial charge in [0, 0.05) is 16.5 Å². The lowest BCUT2D eigenvalue weighted by Gasteiger charge is -2.31. The topological polar surface area (TPSA) is 124 Å². The number of fused-ring (bicyclic) bond motifs is 2. The second-order valence-corrected chi connectivity index (χ2v) is 14.7. The van der Waals surface area contributed by atoms with Crippen LogP contribution in [0.4, 0.5) is 11.4 Å². The third kappa shape index (κ3) is 6.17. The smallest absolute Gasteiger partial charge is 0.338 e. The Morgan fingerprint density at radius 1 is 0.896 bits per heavy atom. The molecule has 0 radical (unpaired) electrons. The van der Waals surface area contributed by atoms with E-state index < -0.39 is 34.9 Å². The highest BCUT2D eigenvalue weighted by atomic mass is 32.2. The second-order valence-electron chi connectivity index (χ2n) is 12.6. The number of nitrogens with one attached hydrogen (secondary N) is 1. The van der Waals surface area contributed by atoms with Crippen LogP contribution in [0.5, 0.6) is 5.75 Å². The van der Waals surface area contributed by atoms with E-state index in [1.54, 1.807) is 50.4 Å². The first-order chi connectivity index (χ1) is 22.9. The molecule has 3 atom stereocenters. The van der Waals surface area contributed by atoms with E-state index in [9.17, 15) is 24.0 Å². The molecule has 0 aliphatic carbocycles. The molecule has 1 fully saturated rings. The number of thioether (sulfide) groups is 1. The number of ether oxygens (including phenoxy) is 2. The predicted molar refractivity (Wildman–Crippen MR) is 185 cm³/mol. The standard InChI is InChI=1S/C36H35N3O7S2/c1-6-46-34(43)21-9-15-24(16-10-21)39-31(41)28-27(20-7-11-22(12-8-20)36(2,3)4)30-33(47-29(28)32(39)42)38(35(44)48-30)19-26(40)37-23-13-17-25(45-5)18-14-23/h7-18,27-29H,6,19H2,1-5H3,(H,37,40). The van der Waals surface area contributed by atoms with Gasteiger partial charge >= 0.3 is 10.8 Å². The number of imide groups is 1. The van der Waals surface area contributed by atoms with Crippen molar-refractivity contribution in [2.75, 3.05) is 23.9 Å². The third-order valence-electron chi connectivity index (χ3n) is 8.50. The molecule has 0 saturated carbocycles. The van der Waals surface area contributed by atoms with E-state index in [-0.39, 0.29) is 29.3 Å². The van der Waals surface area contributed by atoms with E-state index in [4.69, 9.17) is 9.47 Å². The summed E-state index contributed by atoms with van der Waals surface area (Å²) in [7, 11) is 1.55. The molecule has 4 aromatic rings. The fourth-order valence-corrected chi connectivity index (χ4v) is 8.81. The largest absolute Gasteiger partial charge is 0.497 e. The number of hydrogen-bond donors (Lipinski definition) is 1. The van der Waals surface area contributed by atoms with Gasteiger partial charge in [-0.3, -0.25) is 23.7 Å². The van der Waals surface area contributed by atoms with Crippen LogP contribution in [-0.4, -0.2) is 47.2 Å². The summed E-state index contributed by atoms with van der Waals surface area (Å²) in [6, 6.07) is 21.0. The van der Waals surface area contributed by atoms with Gasteiger partial charge in [-0.05, 0) is 72.0 Å². The average molecular weight is 686 g/mol. The zero-order chi connectivity index (χ0) is 34.3. The molecule has 1 aromatic heterocycles. The summed E-state index contributed by atoms with van der Waals surface area (Å²) in [6.45, 7) is 8.01. The quantitative estimate of drug-likeness (QED) is 0.182. The Balaban J connectivity index is 1.37. The van der Waals surface area contributed by atoms with Gasteiger partial charge in [0.25, 0.3) is 0 Å². The average Bonchev–Trinajstić information content (AvgIpc) is 3.51. The molecule has 3 amide bonds. The number of methoxy groups -OCH3 is 1. The number of anilines is 2. The van der Waals surface area contributed by atoms with E-state index >= 15 is 0 Å². The van der Waals surface area contributed by atoms with Crippen LogP contribution in [0.1, 0.15) is 60.0 Å². The Morgan fingerprint density at radius 3 is 2.17 bits per heavy atom. The molecule has 2 aliphatic heterocycles. The molecule has 6 rings (SSSR count). The highest BCUT2D eigenvalue weighted by Gasteiger charge is 2.56. The van der Waals surface area contributed by atoms with Crippen LogP contribution in [0.25, 0.3) is 0 Å². The molecule has 1 N–H and O–H groups in total. The number of aromatic nitrogens is 1. The summed E-state index contributed by atoms with van der Waals surface area (Å²) in [4.78, 5) is 68.7. The molecule has 248 valence electrons. The van der Waals surface area contributed by atoms with Gasteiger partial charge in [-0.15, -0.1) is 0 Å². The van der Waals surface area contributed by atoms with Crippen molar-refractivity contribution in [3.63, 3.8) is 0 Å². The van der Waals surface area contributed by atoms with Gasteiger partial charge in [-0.1, -0.05) is 68.1 Å². The number of nitrogens with zero attached hydrogens (tertiary/aromatic N) is 2. The zero-order valence-electron chi connectivity index (χ0n) is 27.1. The molecule has 2 aliphatic rings. The fraction of sp³-hybridized carbons (Fsp3) is 0.306. The number of thiazole rings is 1. The minimum atomic E-state index is -0.841. The van der Waals surface area contributed by atoms with Crippen LogP contribution < -0.4 is 19.8 Å². The number of carbonyl (C=O) groups is 4. The molecule has 0 bridgehead atoms. The van der Waals surface area contributed by atoms with Gasteiger partial charge in [-0.25, -0.2) is 9.69 Å². The van der Waals surface area contributed by atoms with Crippen molar-refractivity contribution in [2.24, 2.45) is 5.92 Å². The van der Waals surface area contributed by atoms with E-state index in [0.29, 0.717) is 32.6 Å². The first kappa shape index (κ1) is 33.2. The van der Waals surface area contributed by atoms with Crippen molar-refractivity contribution in [3.8, 4) is 5.75 Å². The third-order valence-corrected chi connectivity index (χ3v) is 11.1. The Labute approximate surface area is 286 Å². The summed E-state index contributed by atoms with van der Waals surface area (Å²) < 4.78 is 11.7. The lowest BCUT2D eigenvalue weighted by molar-refractivity contribution is -0.122. The summed E-state index contributed by atoms with van der Waals surface area (Å²) in [6.07, 6.45) is 0. The number of amides is 3. The van der Waals surface area contributed by atoms with Gasteiger partial charge in [0.2, 0.25) is 17.7 Å². The molecule has 1 saturated heterocycles. The van der Waals surface area contributed by atoms with Gasteiger partial charge in [0.15, 0.2) is 0 Å². The van der Waals surface area contributed by atoms with E-state index in [2.05, 4.69) is 26.1 Å². The van der Waals surface area contributed by atoms with Crippen LogP contribution in [0, 0.1) is 5.92 Å². The van der Waals surface area contributed by atoms with E-state index in [0.717, 1.165) is 34.2 Å². The molecule has 48 heavy (non-hydrogen) atoms. The fourth-order valence-electron chi connectivity index (χ4n) is 6.04. The van der Waals surface area contributed by atoms with Crippen molar-refractivity contribution in [3.05, 3.63) is 104 Å². The summed E-state index contributed by atoms with van der Waals surface area (Å²) in [5.74, 6) is -2.46. The Morgan fingerprint density at radius 2 is 1.56 bits per heavy atom. The molecule has 0 spiro atoms. The van der Waals surface area contributed by atoms with E-state index in [1.807, 2.05) is 24.3 Å². The number of benzene rings is 3. The zero-order valence-corrected chi connectivity index (χ0v) is 28.8. The maximum Gasteiger partial charge on any atom is 0.338 e. The number of esters is 1. The molecule has 12 heteroatoms. The van der Waals surface area contributed by atoms with Gasteiger partial charge < -0.3 is 14.8 Å². The SMILES string of the molecule is CCOC(=O)c1ccc(N2C(=O)C3Sc4c(sc(=O)n4CC(=O)Nc4ccc(OC)cc4)C(c4ccc(C(C)(C)C)cc4)C3C2=O)cc1. The molecule has 3 heterocycles. The van der Waals surface area contributed by atoms with Crippen molar-refractivity contribution in [2.45, 2.75) is 55.8 Å². The second kappa shape index (κ2) is 13.1. The van der Waals surface area contributed by atoms with Crippen LogP contribution in [0.15, 0.2) is 82.6 Å². The number of rotatable bonds is 8. The van der Waals surface area contributed by atoms with Crippen LogP contribution in [-0.2, 0) is 31.1 Å². The number of carbonyl (C=O) groups excluding carboxylic acids is 4. The van der Waals surface area contributed by atoms with Gasteiger partial charge in [0.05, 0.1) is 35.9 Å². The first-order valence-electron chi connectivity index (χ1n) is 15.5. The lowest BCUT2D eigenvalue weighted by Crippen LogP contribution is -2.33. The predicted octanol–water partition coefficient (Wildman–Crippen LogP) is 5.83. The minimum Gasteiger partial charge on any atom is -0.497 e. The maximum atomic E-state index is 14.3.